The van der Waals surface area contributed by atoms with E-state index in [1.54, 1.807) is 0 Å². The average molecular weight is 226 g/mol. The fourth-order valence-corrected chi connectivity index (χ4v) is 1.64. The minimum Gasteiger partial charge on any atom is -0.313 e. The molecule has 3 heteroatoms. The van der Waals surface area contributed by atoms with Crippen LogP contribution in [0.3, 0.4) is 0 Å². The molecule has 48 valence electrons. The van der Waals surface area contributed by atoms with E-state index in [0.29, 0.717) is 0 Å². The van der Waals surface area contributed by atoms with E-state index in [-0.39, 0.29) is 5.66 Å². The first-order chi connectivity index (χ1) is 3.77. The molecule has 0 aromatic heterocycles. The molecule has 0 saturated heterocycles. The standard InChI is InChI=1S/C5H11IN2/c6-8-5(7)3-1-2-4-5/h8H,1-4,7H2. The molecule has 0 spiro atoms. The molecule has 1 aliphatic rings. The Kier molecular flexibility index (Phi) is 2.11. The third-order valence-electron chi connectivity index (χ3n) is 1.68. The van der Waals surface area contributed by atoms with Gasteiger partial charge in [0.2, 0.25) is 0 Å². The molecule has 2 nitrogen and oxygen atoms in total. The molecule has 1 rings (SSSR count). The van der Waals surface area contributed by atoms with Gasteiger partial charge in [-0.3, -0.25) is 0 Å². The number of nitrogens with two attached hydrogens (primary N) is 1. The Morgan fingerprint density at radius 3 is 2.12 bits per heavy atom. The van der Waals surface area contributed by atoms with Gasteiger partial charge in [-0.05, 0) is 12.8 Å². The van der Waals surface area contributed by atoms with Gasteiger partial charge in [0.15, 0.2) is 0 Å². The predicted molar refractivity (Wildman–Crippen MR) is 42.5 cm³/mol. The number of halogens is 1. The average Bonchev–Trinajstić information content (AvgIpc) is 2.17. The third-order valence-corrected chi connectivity index (χ3v) is 2.76. The largest absolute Gasteiger partial charge is 0.313 e. The molecule has 1 aliphatic carbocycles. The lowest BCUT2D eigenvalue weighted by Gasteiger charge is -2.20. The van der Waals surface area contributed by atoms with Crippen LogP contribution in [-0.2, 0) is 0 Å². The van der Waals surface area contributed by atoms with Gasteiger partial charge in [0.1, 0.15) is 0 Å². The van der Waals surface area contributed by atoms with Crippen LogP contribution in [0.25, 0.3) is 0 Å². The van der Waals surface area contributed by atoms with E-state index < -0.39 is 0 Å². The minimum absolute atomic E-state index is 0.0272. The second-order valence-electron chi connectivity index (χ2n) is 2.46. The first-order valence-corrected chi connectivity index (χ1v) is 4.01. The number of hydrogen-bond donors (Lipinski definition) is 2. The van der Waals surface area contributed by atoms with Gasteiger partial charge in [0.25, 0.3) is 0 Å². The zero-order chi connectivity index (χ0) is 6.04. The van der Waals surface area contributed by atoms with Gasteiger partial charge in [-0.25, -0.2) is 3.53 Å². The Labute approximate surface area is 63.7 Å². The number of nitrogens with one attached hydrogen (secondary N) is 1. The molecule has 1 saturated carbocycles. The van der Waals surface area contributed by atoms with Gasteiger partial charge >= 0.3 is 0 Å². The van der Waals surface area contributed by atoms with E-state index in [4.69, 9.17) is 5.73 Å². The Hall–Kier alpha value is 0.650. The Balaban J connectivity index is 2.40. The smallest absolute Gasteiger partial charge is 0.0748 e. The van der Waals surface area contributed by atoms with Crippen LogP contribution < -0.4 is 9.26 Å². The highest BCUT2D eigenvalue weighted by atomic mass is 127. The molecule has 0 amide bonds. The summed E-state index contributed by atoms with van der Waals surface area (Å²) in [6.07, 6.45) is 4.84. The zero-order valence-electron chi connectivity index (χ0n) is 4.78. The molecule has 8 heavy (non-hydrogen) atoms. The van der Waals surface area contributed by atoms with Crippen LogP contribution in [0.1, 0.15) is 25.7 Å². The third kappa shape index (κ3) is 1.33. The first-order valence-electron chi connectivity index (χ1n) is 2.93. The lowest BCUT2D eigenvalue weighted by atomic mass is 10.2. The van der Waals surface area contributed by atoms with Crippen LogP contribution in [0.2, 0.25) is 0 Å². The first kappa shape index (κ1) is 6.77. The van der Waals surface area contributed by atoms with E-state index in [0.717, 1.165) is 12.8 Å². The van der Waals surface area contributed by atoms with E-state index >= 15 is 0 Å². The van der Waals surface area contributed by atoms with E-state index in [1.165, 1.54) is 12.8 Å². The summed E-state index contributed by atoms with van der Waals surface area (Å²) in [5, 5.41) is 0. The molecular weight excluding hydrogens is 215 g/mol. The van der Waals surface area contributed by atoms with Crippen LogP contribution in [0, 0.1) is 0 Å². The second-order valence-corrected chi connectivity index (χ2v) is 3.00. The van der Waals surface area contributed by atoms with Crippen LogP contribution in [0.4, 0.5) is 0 Å². The second kappa shape index (κ2) is 2.49. The molecule has 0 aromatic carbocycles. The number of rotatable bonds is 1. The van der Waals surface area contributed by atoms with Crippen LogP contribution >= 0.6 is 22.9 Å². The summed E-state index contributed by atoms with van der Waals surface area (Å²) in [4.78, 5) is 0. The summed E-state index contributed by atoms with van der Waals surface area (Å²) in [5.74, 6) is 0. The lowest BCUT2D eigenvalue weighted by molar-refractivity contribution is 0.436. The fourth-order valence-electron chi connectivity index (χ4n) is 1.10. The molecule has 0 heterocycles. The van der Waals surface area contributed by atoms with Crippen molar-refractivity contribution < 1.29 is 0 Å². The molecule has 0 aromatic rings. The maximum absolute atomic E-state index is 5.84. The molecule has 0 aliphatic heterocycles. The van der Waals surface area contributed by atoms with Crippen molar-refractivity contribution >= 4 is 22.9 Å². The number of hydrogen-bond acceptors (Lipinski definition) is 2. The van der Waals surface area contributed by atoms with Gasteiger partial charge in [-0.15, -0.1) is 0 Å². The van der Waals surface area contributed by atoms with Crippen LogP contribution in [0.5, 0.6) is 0 Å². The summed E-state index contributed by atoms with van der Waals surface area (Å²) < 4.78 is 3.09. The topological polar surface area (TPSA) is 38.0 Å². The van der Waals surface area contributed by atoms with Crippen molar-refractivity contribution in [2.24, 2.45) is 5.73 Å². The van der Waals surface area contributed by atoms with Gasteiger partial charge in [-0.1, -0.05) is 12.8 Å². The molecule has 0 bridgehead atoms. The minimum atomic E-state index is -0.0272. The van der Waals surface area contributed by atoms with E-state index in [2.05, 4.69) is 26.4 Å². The SMILES string of the molecule is NC1(NI)CCCC1. The maximum Gasteiger partial charge on any atom is 0.0748 e. The van der Waals surface area contributed by atoms with Gasteiger partial charge in [-0.2, -0.15) is 0 Å². The lowest BCUT2D eigenvalue weighted by Crippen LogP contribution is -2.45. The van der Waals surface area contributed by atoms with Crippen molar-refractivity contribution in [2.45, 2.75) is 31.3 Å². The van der Waals surface area contributed by atoms with Crippen molar-refractivity contribution in [3.63, 3.8) is 0 Å². The Morgan fingerprint density at radius 1 is 1.38 bits per heavy atom. The normalized spacial score (nSPS) is 26.2. The summed E-state index contributed by atoms with van der Waals surface area (Å²) in [6, 6.07) is 0. The summed E-state index contributed by atoms with van der Waals surface area (Å²) >= 11 is 2.13. The fraction of sp³-hybridized carbons (Fsp3) is 1.00. The summed E-state index contributed by atoms with van der Waals surface area (Å²) in [5.41, 5.74) is 5.81. The summed E-state index contributed by atoms with van der Waals surface area (Å²) in [7, 11) is 0. The van der Waals surface area contributed by atoms with Crippen molar-refractivity contribution in [3.05, 3.63) is 0 Å². The van der Waals surface area contributed by atoms with Gasteiger partial charge in [0, 0.05) is 22.9 Å². The summed E-state index contributed by atoms with van der Waals surface area (Å²) in [6.45, 7) is 0. The predicted octanol–water partition coefficient (Wildman–Crippen LogP) is 1.16. The molecular formula is C5H11IN2. The van der Waals surface area contributed by atoms with E-state index in [9.17, 15) is 0 Å². The Morgan fingerprint density at radius 2 is 1.88 bits per heavy atom. The monoisotopic (exact) mass is 226 g/mol. The highest BCUT2D eigenvalue weighted by molar-refractivity contribution is 14.1. The van der Waals surface area contributed by atoms with Crippen LogP contribution in [0.15, 0.2) is 0 Å². The molecule has 0 unspecified atom stereocenters. The molecule has 3 N–H and O–H groups in total. The van der Waals surface area contributed by atoms with Gasteiger partial charge < -0.3 is 5.73 Å². The van der Waals surface area contributed by atoms with Crippen molar-refractivity contribution in [3.8, 4) is 0 Å². The molecule has 0 atom stereocenters. The zero-order valence-corrected chi connectivity index (χ0v) is 6.94. The molecule has 0 radical (unpaired) electrons. The van der Waals surface area contributed by atoms with Crippen molar-refractivity contribution in [1.82, 2.24) is 3.53 Å². The van der Waals surface area contributed by atoms with Crippen molar-refractivity contribution in [1.29, 1.82) is 0 Å². The van der Waals surface area contributed by atoms with Crippen LogP contribution in [-0.4, -0.2) is 5.66 Å². The highest BCUT2D eigenvalue weighted by Gasteiger charge is 2.27. The molecule has 1 fully saturated rings. The van der Waals surface area contributed by atoms with Gasteiger partial charge in [0.05, 0.1) is 5.66 Å². The van der Waals surface area contributed by atoms with Crippen molar-refractivity contribution in [2.75, 3.05) is 0 Å². The Bertz CT molecular complexity index is 78.5. The highest BCUT2D eigenvalue weighted by Crippen LogP contribution is 2.24. The quantitative estimate of drug-likeness (QED) is 0.400. The van der Waals surface area contributed by atoms with E-state index in [1.807, 2.05) is 0 Å². The maximum atomic E-state index is 5.84.